The zero-order valence-corrected chi connectivity index (χ0v) is 7.68. The molecule has 1 fully saturated rings. The second kappa shape index (κ2) is 4.73. The van der Waals surface area contributed by atoms with Crippen LogP contribution in [0.2, 0.25) is 0 Å². The minimum atomic E-state index is 0.806. The Morgan fingerprint density at radius 1 is 1.55 bits per heavy atom. The molecule has 1 heterocycles. The van der Waals surface area contributed by atoms with E-state index in [1.807, 2.05) is 0 Å². The first kappa shape index (κ1) is 9.01. The third-order valence-electron chi connectivity index (χ3n) is 2.56. The van der Waals surface area contributed by atoms with Gasteiger partial charge in [0.2, 0.25) is 0 Å². The highest BCUT2D eigenvalue weighted by molar-refractivity contribution is 4.77. The standard InChI is InChI=1S/C9H19NO/c1-3-10-7-4-5-9(10)6-8-11-2/h9H,3-8H2,1-2H3. The SMILES string of the molecule is CCN1CCCC1CCOC. The first-order valence-corrected chi connectivity index (χ1v) is 4.61. The Morgan fingerprint density at radius 3 is 3.00 bits per heavy atom. The Kier molecular flexibility index (Phi) is 3.87. The Balaban J connectivity index is 2.20. The smallest absolute Gasteiger partial charge is 0.0477 e. The number of nitrogens with zero attached hydrogens (tertiary/aromatic N) is 1. The predicted molar refractivity (Wildman–Crippen MR) is 46.8 cm³/mol. The molecule has 0 N–H and O–H groups in total. The van der Waals surface area contributed by atoms with Gasteiger partial charge in [-0.15, -0.1) is 0 Å². The number of rotatable bonds is 4. The third kappa shape index (κ3) is 2.46. The van der Waals surface area contributed by atoms with Crippen LogP contribution in [0.3, 0.4) is 0 Å². The summed E-state index contributed by atoms with van der Waals surface area (Å²) in [5.74, 6) is 0. The number of methoxy groups -OCH3 is 1. The zero-order chi connectivity index (χ0) is 8.10. The van der Waals surface area contributed by atoms with E-state index < -0.39 is 0 Å². The van der Waals surface area contributed by atoms with E-state index in [4.69, 9.17) is 4.74 Å². The molecule has 1 aliphatic heterocycles. The van der Waals surface area contributed by atoms with E-state index in [0.717, 1.165) is 12.6 Å². The molecule has 0 radical (unpaired) electrons. The molecule has 1 rings (SSSR count). The molecule has 0 aromatic heterocycles. The van der Waals surface area contributed by atoms with Crippen LogP contribution in [0.5, 0.6) is 0 Å². The van der Waals surface area contributed by atoms with E-state index in [2.05, 4.69) is 11.8 Å². The van der Waals surface area contributed by atoms with Crippen LogP contribution in [0, 0.1) is 0 Å². The molecule has 0 aromatic rings. The quantitative estimate of drug-likeness (QED) is 0.613. The lowest BCUT2D eigenvalue weighted by atomic mass is 10.1. The van der Waals surface area contributed by atoms with E-state index in [1.54, 1.807) is 7.11 Å². The van der Waals surface area contributed by atoms with E-state index >= 15 is 0 Å². The summed E-state index contributed by atoms with van der Waals surface area (Å²) in [5, 5.41) is 0. The molecule has 0 saturated carbocycles. The molecule has 0 aromatic carbocycles. The lowest BCUT2D eigenvalue weighted by molar-refractivity contribution is 0.155. The summed E-state index contributed by atoms with van der Waals surface area (Å²) in [5.41, 5.74) is 0. The van der Waals surface area contributed by atoms with Crippen molar-refractivity contribution in [2.24, 2.45) is 0 Å². The van der Waals surface area contributed by atoms with E-state index in [-0.39, 0.29) is 0 Å². The van der Waals surface area contributed by atoms with Gasteiger partial charge in [0.15, 0.2) is 0 Å². The summed E-state index contributed by atoms with van der Waals surface area (Å²) in [6.07, 6.45) is 3.96. The van der Waals surface area contributed by atoms with Gasteiger partial charge in [-0.25, -0.2) is 0 Å². The topological polar surface area (TPSA) is 12.5 Å². The molecule has 2 nitrogen and oxygen atoms in total. The summed E-state index contributed by atoms with van der Waals surface area (Å²) in [6.45, 7) is 5.66. The van der Waals surface area contributed by atoms with Crippen LogP contribution >= 0.6 is 0 Å². The van der Waals surface area contributed by atoms with Crippen LogP contribution < -0.4 is 0 Å². The lowest BCUT2D eigenvalue weighted by Gasteiger charge is -2.21. The molecule has 1 atom stereocenters. The van der Waals surface area contributed by atoms with Crippen LogP contribution in [-0.4, -0.2) is 37.7 Å². The van der Waals surface area contributed by atoms with Crippen molar-refractivity contribution >= 4 is 0 Å². The highest BCUT2D eigenvalue weighted by Gasteiger charge is 2.21. The van der Waals surface area contributed by atoms with Gasteiger partial charge in [-0.05, 0) is 32.4 Å². The normalized spacial score (nSPS) is 26.2. The molecule has 1 saturated heterocycles. The second-order valence-corrected chi connectivity index (χ2v) is 3.21. The second-order valence-electron chi connectivity index (χ2n) is 3.21. The van der Waals surface area contributed by atoms with Crippen molar-refractivity contribution in [3.05, 3.63) is 0 Å². The lowest BCUT2D eigenvalue weighted by Crippen LogP contribution is -2.29. The summed E-state index contributed by atoms with van der Waals surface area (Å²) < 4.78 is 5.07. The van der Waals surface area contributed by atoms with Crippen molar-refractivity contribution < 1.29 is 4.74 Å². The van der Waals surface area contributed by atoms with Crippen LogP contribution in [0.4, 0.5) is 0 Å². The number of likely N-dealkylation sites (tertiary alicyclic amines) is 1. The first-order valence-electron chi connectivity index (χ1n) is 4.61. The van der Waals surface area contributed by atoms with E-state index in [1.165, 1.54) is 32.4 Å². The summed E-state index contributed by atoms with van der Waals surface area (Å²) in [4.78, 5) is 2.55. The van der Waals surface area contributed by atoms with Crippen LogP contribution in [-0.2, 0) is 4.74 Å². The van der Waals surface area contributed by atoms with E-state index in [0.29, 0.717) is 0 Å². The Labute approximate surface area is 69.5 Å². The van der Waals surface area contributed by atoms with Crippen molar-refractivity contribution in [2.45, 2.75) is 32.2 Å². The first-order chi connectivity index (χ1) is 5.38. The number of ether oxygens (including phenoxy) is 1. The molecule has 0 bridgehead atoms. The average Bonchev–Trinajstić information content (AvgIpc) is 2.47. The van der Waals surface area contributed by atoms with Crippen molar-refractivity contribution in [3.63, 3.8) is 0 Å². The summed E-state index contributed by atoms with van der Waals surface area (Å²) in [7, 11) is 1.78. The minimum absolute atomic E-state index is 0.806. The molecule has 1 aliphatic rings. The Bertz CT molecular complexity index is 106. The molecule has 0 aliphatic carbocycles. The van der Waals surface area contributed by atoms with Gasteiger partial charge < -0.3 is 9.64 Å². The molecular formula is C9H19NO. The van der Waals surface area contributed by atoms with Gasteiger partial charge in [0, 0.05) is 19.8 Å². The maximum absolute atomic E-state index is 5.07. The molecule has 66 valence electrons. The van der Waals surface area contributed by atoms with Gasteiger partial charge in [-0.2, -0.15) is 0 Å². The van der Waals surface area contributed by atoms with Crippen molar-refractivity contribution in [1.29, 1.82) is 0 Å². The van der Waals surface area contributed by atoms with Gasteiger partial charge in [0.1, 0.15) is 0 Å². The fraction of sp³-hybridized carbons (Fsp3) is 1.00. The average molecular weight is 157 g/mol. The number of hydrogen-bond donors (Lipinski definition) is 0. The maximum atomic E-state index is 5.07. The third-order valence-corrected chi connectivity index (χ3v) is 2.56. The molecule has 11 heavy (non-hydrogen) atoms. The van der Waals surface area contributed by atoms with Gasteiger partial charge in [-0.1, -0.05) is 6.92 Å². The predicted octanol–water partition coefficient (Wildman–Crippen LogP) is 1.51. The van der Waals surface area contributed by atoms with Gasteiger partial charge in [0.05, 0.1) is 0 Å². The Hall–Kier alpha value is -0.0800. The fourth-order valence-corrected chi connectivity index (χ4v) is 1.89. The van der Waals surface area contributed by atoms with Gasteiger partial charge >= 0.3 is 0 Å². The molecule has 2 heteroatoms. The maximum Gasteiger partial charge on any atom is 0.0477 e. The van der Waals surface area contributed by atoms with Crippen molar-refractivity contribution in [3.8, 4) is 0 Å². The largest absolute Gasteiger partial charge is 0.385 e. The van der Waals surface area contributed by atoms with Crippen LogP contribution in [0.1, 0.15) is 26.2 Å². The molecule has 1 unspecified atom stereocenters. The van der Waals surface area contributed by atoms with Crippen LogP contribution in [0.15, 0.2) is 0 Å². The number of hydrogen-bond acceptors (Lipinski definition) is 2. The molecule has 0 spiro atoms. The van der Waals surface area contributed by atoms with Gasteiger partial charge in [-0.3, -0.25) is 0 Å². The zero-order valence-electron chi connectivity index (χ0n) is 7.68. The van der Waals surface area contributed by atoms with Crippen molar-refractivity contribution in [2.75, 3.05) is 26.8 Å². The molecular weight excluding hydrogens is 138 g/mol. The highest BCUT2D eigenvalue weighted by atomic mass is 16.5. The van der Waals surface area contributed by atoms with Crippen LogP contribution in [0.25, 0.3) is 0 Å². The summed E-state index contributed by atoms with van der Waals surface area (Å²) >= 11 is 0. The Morgan fingerprint density at radius 2 is 2.36 bits per heavy atom. The fourth-order valence-electron chi connectivity index (χ4n) is 1.89. The van der Waals surface area contributed by atoms with Crippen molar-refractivity contribution in [1.82, 2.24) is 4.90 Å². The minimum Gasteiger partial charge on any atom is -0.385 e. The van der Waals surface area contributed by atoms with Gasteiger partial charge in [0.25, 0.3) is 0 Å². The van der Waals surface area contributed by atoms with E-state index in [9.17, 15) is 0 Å². The summed E-state index contributed by atoms with van der Waals surface area (Å²) in [6, 6.07) is 0.806. The highest BCUT2D eigenvalue weighted by Crippen LogP contribution is 2.18. The monoisotopic (exact) mass is 157 g/mol. The molecule has 0 amide bonds.